The summed E-state index contributed by atoms with van der Waals surface area (Å²) in [6, 6.07) is 10.7. The zero-order chi connectivity index (χ0) is 13.3. The first-order valence-corrected chi connectivity index (χ1v) is 6.95. The van der Waals surface area contributed by atoms with Crippen molar-refractivity contribution in [2.45, 2.75) is 37.4 Å². The largest absolute Gasteiger partial charge is 0.480 e. The third-order valence-corrected chi connectivity index (χ3v) is 4.06. The van der Waals surface area contributed by atoms with Crippen molar-refractivity contribution in [2.24, 2.45) is 0 Å². The lowest BCUT2D eigenvalue weighted by atomic mass is 9.99. The van der Waals surface area contributed by atoms with Gasteiger partial charge >= 0.3 is 5.97 Å². The molecule has 1 saturated heterocycles. The molecule has 19 heavy (non-hydrogen) atoms. The van der Waals surface area contributed by atoms with Crippen LogP contribution in [0.5, 0.6) is 0 Å². The third kappa shape index (κ3) is 2.80. The summed E-state index contributed by atoms with van der Waals surface area (Å²) in [5.41, 5.74) is 0.519. The Bertz CT molecular complexity index is 458. The van der Waals surface area contributed by atoms with Gasteiger partial charge in [0.1, 0.15) is 5.54 Å². The Morgan fingerprint density at radius 2 is 2.11 bits per heavy atom. The minimum atomic E-state index is -0.726. The Kier molecular flexibility index (Phi) is 3.29. The van der Waals surface area contributed by atoms with Gasteiger partial charge in [-0.3, -0.25) is 15.0 Å². The first kappa shape index (κ1) is 12.6. The number of nitrogens with one attached hydrogen (secondary N) is 1. The Morgan fingerprint density at radius 1 is 1.37 bits per heavy atom. The molecule has 1 aliphatic carbocycles. The molecule has 102 valence electrons. The Hall–Kier alpha value is -1.39. The average Bonchev–Trinajstić information content (AvgIpc) is 3.11. The second-order valence-corrected chi connectivity index (χ2v) is 5.75. The predicted octanol–water partition coefficient (Wildman–Crippen LogP) is 1.47. The molecule has 1 unspecified atom stereocenters. The lowest BCUT2D eigenvalue weighted by molar-refractivity contribution is -0.144. The summed E-state index contributed by atoms with van der Waals surface area (Å²) < 4.78 is 0. The molecule has 0 radical (unpaired) electrons. The van der Waals surface area contributed by atoms with Gasteiger partial charge in [-0.05, 0) is 24.8 Å². The topological polar surface area (TPSA) is 52.6 Å². The molecule has 1 saturated carbocycles. The highest BCUT2D eigenvalue weighted by Crippen LogP contribution is 2.29. The van der Waals surface area contributed by atoms with Gasteiger partial charge in [-0.2, -0.15) is 0 Å². The van der Waals surface area contributed by atoms with Crippen LogP contribution in [0.2, 0.25) is 0 Å². The van der Waals surface area contributed by atoms with Gasteiger partial charge in [0.05, 0.1) is 0 Å². The van der Waals surface area contributed by atoms with Crippen molar-refractivity contribution in [1.29, 1.82) is 0 Å². The molecule has 2 fully saturated rings. The van der Waals surface area contributed by atoms with Crippen molar-refractivity contribution in [3.8, 4) is 0 Å². The van der Waals surface area contributed by atoms with E-state index >= 15 is 0 Å². The van der Waals surface area contributed by atoms with E-state index in [-0.39, 0.29) is 0 Å². The van der Waals surface area contributed by atoms with E-state index in [1.807, 2.05) is 18.2 Å². The van der Waals surface area contributed by atoms with Gasteiger partial charge < -0.3 is 5.11 Å². The molecule has 0 amide bonds. The molecule has 0 bridgehead atoms. The molecule has 0 spiro atoms. The van der Waals surface area contributed by atoms with E-state index in [0.717, 1.165) is 25.9 Å². The second kappa shape index (κ2) is 4.94. The van der Waals surface area contributed by atoms with Gasteiger partial charge in [0.15, 0.2) is 0 Å². The maximum atomic E-state index is 11.6. The maximum absolute atomic E-state index is 11.6. The zero-order valence-corrected chi connectivity index (χ0v) is 11.0. The molecule has 2 N–H and O–H groups in total. The molecule has 4 heteroatoms. The van der Waals surface area contributed by atoms with Crippen molar-refractivity contribution in [2.75, 3.05) is 13.1 Å². The SMILES string of the molecule is O=C(O)C1(NC2CC2)CCN(Cc2ccccc2)C1. The fraction of sp³-hybridized carbons (Fsp3) is 0.533. The second-order valence-electron chi connectivity index (χ2n) is 5.75. The highest BCUT2D eigenvalue weighted by Gasteiger charge is 2.47. The van der Waals surface area contributed by atoms with Gasteiger partial charge in [0.2, 0.25) is 0 Å². The average molecular weight is 260 g/mol. The molecule has 1 aliphatic heterocycles. The summed E-state index contributed by atoms with van der Waals surface area (Å²) in [5, 5.41) is 12.9. The fourth-order valence-corrected chi connectivity index (χ4v) is 2.84. The van der Waals surface area contributed by atoms with Crippen LogP contribution in [0.25, 0.3) is 0 Å². The summed E-state index contributed by atoms with van der Waals surface area (Å²) in [6.07, 6.45) is 2.94. The Balaban J connectivity index is 1.65. The van der Waals surface area contributed by atoms with Gasteiger partial charge in [0.25, 0.3) is 0 Å². The first-order valence-electron chi connectivity index (χ1n) is 6.95. The molecule has 2 aliphatic rings. The van der Waals surface area contributed by atoms with Crippen molar-refractivity contribution in [3.05, 3.63) is 35.9 Å². The number of carbonyl (C=O) groups is 1. The van der Waals surface area contributed by atoms with Crippen LogP contribution in [0.4, 0.5) is 0 Å². The van der Waals surface area contributed by atoms with Gasteiger partial charge in [-0.25, -0.2) is 0 Å². The van der Waals surface area contributed by atoms with Gasteiger partial charge in [-0.15, -0.1) is 0 Å². The minimum absolute atomic E-state index is 0.424. The van der Waals surface area contributed by atoms with E-state index in [4.69, 9.17) is 0 Å². The summed E-state index contributed by atoms with van der Waals surface area (Å²) >= 11 is 0. The quantitative estimate of drug-likeness (QED) is 0.842. The standard InChI is InChI=1S/C15H20N2O2/c18-14(19)15(16-13-6-7-13)8-9-17(11-15)10-12-4-2-1-3-5-12/h1-5,13,16H,6-11H2,(H,18,19). The van der Waals surface area contributed by atoms with E-state index in [0.29, 0.717) is 19.0 Å². The van der Waals surface area contributed by atoms with E-state index in [1.54, 1.807) is 0 Å². The van der Waals surface area contributed by atoms with Crippen molar-refractivity contribution in [3.63, 3.8) is 0 Å². The molecule has 1 heterocycles. The monoisotopic (exact) mass is 260 g/mol. The maximum Gasteiger partial charge on any atom is 0.325 e. The van der Waals surface area contributed by atoms with E-state index < -0.39 is 11.5 Å². The van der Waals surface area contributed by atoms with Crippen LogP contribution >= 0.6 is 0 Å². The van der Waals surface area contributed by atoms with Gasteiger partial charge in [0, 0.05) is 25.7 Å². The predicted molar refractivity (Wildman–Crippen MR) is 72.9 cm³/mol. The molecule has 1 aromatic rings. The van der Waals surface area contributed by atoms with Crippen LogP contribution in [0.15, 0.2) is 30.3 Å². The number of hydrogen-bond acceptors (Lipinski definition) is 3. The van der Waals surface area contributed by atoms with E-state index in [9.17, 15) is 9.90 Å². The van der Waals surface area contributed by atoms with Crippen molar-refractivity contribution >= 4 is 5.97 Å². The van der Waals surface area contributed by atoms with E-state index in [1.165, 1.54) is 5.56 Å². The van der Waals surface area contributed by atoms with Crippen molar-refractivity contribution < 1.29 is 9.90 Å². The Morgan fingerprint density at radius 3 is 2.74 bits per heavy atom. The smallest absolute Gasteiger partial charge is 0.325 e. The number of likely N-dealkylation sites (tertiary alicyclic amines) is 1. The van der Waals surface area contributed by atoms with Crippen LogP contribution in [-0.2, 0) is 11.3 Å². The summed E-state index contributed by atoms with van der Waals surface area (Å²) in [5.74, 6) is -0.699. The highest BCUT2D eigenvalue weighted by molar-refractivity contribution is 5.79. The zero-order valence-electron chi connectivity index (χ0n) is 11.0. The lowest BCUT2D eigenvalue weighted by Gasteiger charge is -2.26. The Labute approximate surface area is 113 Å². The number of rotatable bonds is 5. The number of benzene rings is 1. The number of nitrogens with zero attached hydrogens (tertiary/aromatic N) is 1. The van der Waals surface area contributed by atoms with Crippen LogP contribution in [0, 0.1) is 0 Å². The molecule has 0 aromatic heterocycles. The molecule has 1 aromatic carbocycles. The molecular formula is C15H20N2O2. The van der Waals surface area contributed by atoms with E-state index in [2.05, 4.69) is 22.3 Å². The number of hydrogen-bond donors (Lipinski definition) is 2. The molecular weight excluding hydrogens is 240 g/mol. The summed E-state index contributed by atoms with van der Waals surface area (Å²) in [4.78, 5) is 13.8. The molecule has 1 atom stereocenters. The lowest BCUT2D eigenvalue weighted by Crippen LogP contribution is -2.54. The first-order chi connectivity index (χ1) is 9.18. The van der Waals surface area contributed by atoms with Crippen LogP contribution < -0.4 is 5.32 Å². The number of aliphatic carboxylic acids is 1. The normalized spacial score (nSPS) is 27.6. The highest BCUT2D eigenvalue weighted by atomic mass is 16.4. The number of carboxylic acid groups (broad SMARTS) is 1. The van der Waals surface area contributed by atoms with Gasteiger partial charge in [-0.1, -0.05) is 30.3 Å². The van der Waals surface area contributed by atoms with Crippen LogP contribution in [0.1, 0.15) is 24.8 Å². The van der Waals surface area contributed by atoms with Crippen molar-refractivity contribution in [1.82, 2.24) is 10.2 Å². The van der Waals surface area contributed by atoms with Crippen LogP contribution in [0.3, 0.4) is 0 Å². The summed E-state index contributed by atoms with van der Waals surface area (Å²) in [6.45, 7) is 2.29. The fourth-order valence-electron chi connectivity index (χ4n) is 2.84. The minimum Gasteiger partial charge on any atom is -0.480 e. The third-order valence-electron chi connectivity index (χ3n) is 4.06. The number of carboxylic acids is 1. The summed E-state index contributed by atoms with van der Waals surface area (Å²) in [7, 11) is 0. The van der Waals surface area contributed by atoms with Crippen LogP contribution in [-0.4, -0.2) is 40.6 Å². The molecule has 4 nitrogen and oxygen atoms in total. The molecule has 3 rings (SSSR count).